The average Bonchev–Trinajstić information content (AvgIpc) is 3.13. The van der Waals surface area contributed by atoms with Gasteiger partial charge in [0.05, 0.1) is 12.1 Å². The van der Waals surface area contributed by atoms with Crippen LogP contribution in [0.15, 0.2) is 0 Å². The summed E-state index contributed by atoms with van der Waals surface area (Å²) in [6.07, 6.45) is 4.91. The highest BCUT2D eigenvalue weighted by Crippen LogP contribution is 2.28. The van der Waals surface area contributed by atoms with Gasteiger partial charge in [-0.25, -0.2) is 0 Å². The predicted octanol–water partition coefficient (Wildman–Crippen LogP) is 2.06. The van der Waals surface area contributed by atoms with Crippen LogP contribution in [0.3, 0.4) is 0 Å². The zero-order chi connectivity index (χ0) is 13.5. The molecule has 1 rings (SSSR count). The van der Waals surface area contributed by atoms with Crippen molar-refractivity contribution in [1.82, 2.24) is 10.2 Å². The van der Waals surface area contributed by atoms with Crippen molar-refractivity contribution in [2.75, 3.05) is 6.54 Å². The Balaban J connectivity index is 2.46. The molecular weight excluding hydrogens is 226 g/mol. The summed E-state index contributed by atoms with van der Waals surface area (Å²) in [4.78, 5) is 14.3. The van der Waals surface area contributed by atoms with Gasteiger partial charge in [-0.3, -0.25) is 9.69 Å². The molecule has 18 heavy (non-hydrogen) atoms. The number of rotatable bonds is 8. The Morgan fingerprint density at radius 3 is 2.67 bits per heavy atom. The molecule has 0 saturated heterocycles. The Morgan fingerprint density at radius 2 is 2.17 bits per heavy atom. The Labute approximate surface area is 110 Å². The molecule has 0 aromatic heterocycles. The van der Waals surface area contributed by atoms with Crippen LogP contribution >= 0.6 is 0 Å². The van der Waals surface area contributed by atoms with E-state index in [0.717, 1.165) is 25.7 Å². The van der Waals surface area contributed by atoms with Crippen molar-refractivity contribution in [3.63, 3.8) is 0 Å². The number of nitrogens with one attached hydrogen (secondary N) is 1. The maximum atomic E-state index is 12.1. The van der Waals surface area contributed by atoms with Crippen LogP contribution in [0, 0.1) is 11.3 Å². The first-order valence-electron chi connectivity index (χ1n) is 7.03. The van der Waals surface area contributed by atoms with Crippen molar-refractivity contribution in [1.29, 1.82) is 5.26 Å². The summed E-state index contributed by atoms with van der Waals surface area (Å²) in [5.74, 6) is 0.0980. The number of nitriles is 1. The van der Waals surface area contributed by atoms with Crippen molar-refractivity contribution < 1.29 is 4.79 Å². The van der Waals surface area contributed by atoms with Gasteiger partial charge in [-0.2, -0.15) is 5.26 Å². The van der Waals surface area contributed by atoms with Crippen molar-refractivity contribution >= 4 is 5.91 Å². The summed E-state index contributed by atoms with van der Waals surface area (Å²) < 4.78 is 0. The maximum absolute atomic E-state index is 12.1. The quantitative estimate of drug-likeness (QED) is 0.718. The third kappa shape index (κ3) is 4.66. The van der Waals surface area contributed by atoms with Gasteiger partial charge < -0.3 is 5.32 Å². The van der Waals surface area contributed by atoms with E-state index in [1.807, 2.05) is 13.8 Å². The maximum Gasteiger partial charge on any atom is 0.237 e. The Bertz CT molecular complexity index is 307. The molecule has 1 N–H and O–H groups in total. The van der Waals surface area contributed by atoms with Crippen LogP contribution in [-0.4, -0.2) is 35.5 Å². The van der Waals surface area contributed by atoms with Gasteiger partial charge in [0.2, 0.25) is 5.91 Å². The lowest BCUT2D eigenvalue weighted by Crippen LogP contribution is -2.48. The fourth-order valence-electron chi connectivity index (χ4n) is 2.30. The minimum Gasteiger partial charge on any atom is -0.352 e. The van der Waals surface area contributed by atoms with Gasteiger partial charge in [0, 0.05) is 25.0 Å². The number of carbonyl (C=O) groups is 1. The van der Waals surface area contributed by atoms with Crippen LogP contribution in [0.5, 0.6) is 0 Å². The van der Waals surface area contributed by atoms with Crippen molar-refractivity contribution in [2.45, 2.75) is 71.0 Å². The summed E-state index contributed by atoms with van der Waals surface area (Å²) >= 11 is 0. The first-order chi connectivity index (χ1) is 8.60. The normalized spacial score (nSPS) is 18.2. The van der Waals surface area contributed by atoms with Gasteiger partial charge in [0.25, 0.3) is 0 Å². The largest absolute Gasteiger partial charge is 0.352 e. The molecule has 4 nitrogen and oxygen atoms in total. The molecule has 0 aromatic carbocycles. The number of nitrogens with zero attached hydrogens (tertiary/aromatic N) is 2. The van der Waals surface area contributed by atoms with Crippen LogP contribution in [-0.2, 0) is 4.79 Å². The average molecular weight is 251 g/mol. The molecule has 2 unspecified atom stereocenters. The molecular formula is C14H25N3O. The molecule has 2 atom stereocenters. The Kier molecular flexibility index (Phi) is 6.14. The topological polar surface area (TPSA) is 56.1 Å². The second kappa shape index (κ2) is 7.38. The predicted molar refractivity (Wildman–Crippen MR) is 71.9 cm³/mol. The number of amides is 1. The summed E-state index contributed by atoms with van der Waals surface area (Å²) in [7, 11) is 0. The van der Waals surface area contributed by atoms with E-state index in [4.69, 9.17) is 5.26 Å². The van der Waals surface area contributed by atoms with Crippen molar-refractivity contribution in [3.05, 3.63) is 0 Å². The van der Waals surface area contributed by atoms with Gasteiger partial charge in [0.1, 0.15) is 0 Å². The van der Waals surface area contributed by atoms with E-state index in [2.05, 4.69) is 23.2 Å². The molecule has 0 aliphatic heterocycles. The van der Waals surface area contributed by atoms with Crippen LogP contribution < -0.4 is 5.32 Å². The second-order valence-corrected chi connectivity index (χ2v) is 5.25. The van der Waals surface area contributed by atoms with E-state index in [1.54, 1.807) is 0 Å². The van der Waals surface area contributed by atoms with Crippen LogP contribution in [0.25, 0.3) is 0 Å². The first kappa shape index (κ1) is 15.0. The molecule has 102 valence electrons. The number of hydrogen-bond acceptors (Lipinski definition) is 3. The van der Waals surface area contributed by atoms with Gasteiger partial charge in [-0.15, -0.1) is 0 Å². The smallest absolute Gasteiger partial charge is 0.237 e. The number of hydrogen-bond donors (Lipinski definition) is 1. The van der Waals surface area contributed by atoms with Gasteiger partial charge >= 0.3 is 0 Å². The highest BCUT2D eigenvalue weighted by Gasteiger charge is 2.34. The van der Waals surface area contributed by atoms with Crippen molar-refractivity contribution in [3.8, 4) is 6.07 Å². The molecule has 1 fully saturated rings. The molecule has 1 amide bonds. The molecule has 0 bridgehead atoms. The van der Waals surface area contributed by atoms with E-state index in [-0.39, 0.29) is 18.0 Å². The monoisotopic (exact) mass is 251 g/mol. The lowest BCUT2D eigenvalue weighted by Gasteiger charge is -2.28. The van der Waals surface area contributed by atoms with E-state index in [9.17, 15) is 4.79 Å². The van der Waals surface area contributed by atoms with E-state index in [1.165, 1.54) is 0 Å². The summed E-state index contributed by atoms with van der Waals surface area (Å²) in [6.45, 7) is 6.82. The minimum atomic E-state index is -0.120. The molecule has 4 heteroatoms. The van der Waals surface area contributed by atoms with E-state index >= 15 is 0 Å². The molecule has 1 aliphatic rings. The molecule has 0 spiro atoms. The molecule has 0 heterocycles. The van der Waals surface area contributed by atoms with Crippen LogP contribution in [0.1, 0.15) is 52.9 Å². The third-order valence-electron chi connectivity index (χ3n) is 3.48. The molecule has 1 aliphatic carbocycles. The van der Waals surface area contributed by atoms with Crippen LogP contribution in [0.2, 0.25) is 0 Å². The lowest BCUT2D eigenvalue weighted by atomic mass is 10.1. The second-order valence-electron chi connectivity index (χ2n) is 5.25. The van der Waals surface area contributed by atoms with Crippen LogP contribution in [0.4, 0.5) is 0 Å². The fraction of sp³-hybridized carbons (Fsp3) is 0.857. The third-order valence-corrected chi connectivity index (χ3v) is 3.48. The highest BCUT2D eigenvalue weighted by atomic mass is 16.2. The minimum absolute atomic E-state index is 0.0980. The summed E-state index contributed by atoms with van der Waals surface area (Å²) in [5.41, 5.74) is 0. The molecule has 0 radical (unpaired) electrons. The molecule has 0 aromatic rings. The van der Waals surface area contributed by atoms with Gasteiger partial charge in [-0.1, -0.05) is 13.3 Å². The fourth-order valence-corrected chi connectivity index (χ4v) is 2.30. The Morgan fingerprint density at radius 1 is 1.50 bits per heavy atom. The first-order valence-corrected chi connectivity index (χ1v) is 7.03. The summed E-state index contributed by atoms with van der Waals surface area (Å²) in [5, 5.41) is 11.7. The summed E-state index contributed by atoms with van der Waals surface area (Å²) in [6, 6.07) is 2.79. The zero-order valence-corrected chi connectivity index (χ0v) is 11.8. The van der Waals surface area contributed by atoms with Gasteiger partial charge in [-0.05, 0) is 33.1 Å². The van der Waals surface area contributed by atoms with Gasteiger partial charge in [0.15, 0.2) is 0 Å². The highest BCUT2D eigenvalue weighted by molar-refractivity contribution is 5.81. The van der Waals surface area contributed by atoms with E-state index < -0.39 is 0 Å². The van der Waals surface area contributed by atoms with E-state index in [0.29, 0.717) is 19.0 Å². The molecule has 1 saturated carbocycles. The Hall–Kier alpha value is -1.08. The number of carbonyl (C=O) groups excluding carboxylic acids is 1. The zero-order valence-electron chi connectivity index (χ0n) is 11.8. The lowest BCUT2D eigenvalue weighted by molar-refractivity contribution is -0.126. The SMILES string of the molecule is CCCC(C)NC(=O)C(C)N(CCC#N)C1CC1. The standard InChI is InChI=1S/C14H25N3O/c1-4-6-11(2)16-14(18)12(3)17(10-5-9-15)13-7-8-13/h11-13H,4-8,10H2,1-3H3,(H,16,18). The van der Waals surface area contributed by atoms with Crippen molar-refractivity contribution in [2.24, 2.45) is 0 Å².